The zero-order valence-corrected chi connectivity index (χ0v) is 25.1. The number of urea groups is 1. The van der Waals surface area contributed by atoms with Gasteiger partial charge in [-0.15, -0.1) is 0 Å². The average molecular weight is 573 g/mol. The van der Waals surface area contributed by atoms with E-state index in [-0.39, 0.29) is 49.0 Å². The molecular formula is C31H45FN4O5. The largest absolute Gasteiger partial charge is 0.490 e. The third kappa shape index (κ3) is 9.06. The summed E-state index contributed by atoms with van der Waals surface area (Å²) in [6, 6.07) is 10.4. The Bertz CT molecular complexity index is 1150. The monoisotopic (exact) mass is 572 g/mol. The normalized spacial score (nSPS) is 21.2. The number of hydrogen-bond donors (Lipinski definition) is 2. The summed E-state index contributed by atoms with van der Waals surface area (Å²) in [7, 11) is 5.51. The summed E-state index contributed by atoms with van der Waals surface area (Å²) in [5.41, 5.74) is 1.80. The second-order valence-corrected chi connectivity index (χ2v) is 11.2. The minimum Gasteiger partial charge on any atom is -0.490 e. The van der Waals surface area contributed by atoms with Crippen molar-refractivity contribution in [3.63, 3.8) is 0 Å². The fourth-order valence-electron chi connectivity index (χ4n) is 4.76. The number of nitrogens with zero attached hydrogens (tertiary/aromatic N) is 3. The molecule has 4 atom stereocenters. The van der Waals surface area contributed by atoms with Gasteiger partial charge in [0.25, 0.3) is 5.91 Å². The average Bonchev–Trinajstić information content (AvgIpc) is 2.94. The van der Waals surface area contributed by atoms with Crippen molar-refractivity contribution in [1.29, 1.82) is 0 Å². The summed E-state index contributed by atoms with van der Waals surface area (Å²) in [5, 5.41) is 12.9. The van der Waals surface area contributed by atoms with Crippen LogP contribution in [-0.2, 0) is 4.74 Å². The van der Waals surface area contributed by atoms with Crippen LogP contribution < -0.4 is 15.0 Å². The van der Waals surface area contributed by atoms with Crippen molar-refractivity contribution in [3.8, 4) is 5.75 Å². The number of benzene rings is 2. The molecule has 2 N–H and O–H groups in total. The topological polar surface area (TPSA) is 94.6 Å². The molecule has 1 aliphatic heterocycles. The molecule has 0 aromatic heterocycles. The van der Waals surface area contributed by atoms with Crippen LogP contribution in [0, 0.1) is 11.7 Å². The Morgan fingerprint density at radius 2 is 1.85 bits per heavy atom. The van der Waals surface area contributed by atoms with E-state index >= 15 is 0 Å². The van der Waals surface area contributed by atoms with Gasteiger partial charge in [-0.25, -0.2) is 9.18 Å². The smallest absolute Gasteiger partial charge is 0.321 e. The standard InChI is InChI=1S/C31H45FN4O5/c1-21-18-36(22(2)20-37)30(38)27-17-26(34(4)5)14-15-28(27)41-23(3)9-7-8-16-40-29(21)19-35(6)31(39)33-25-12-10-24(32)11-13-25/h10-15,17,21-23,29,37H,7-9,16,18-20H2,1-6H3,(H,33,39)/t21-,22+,23-,29-/m1/s1. The third-order valence-corrected chi connectivity index (χ3v) is 7.45. The number of amides is 3. The molecule has 0 saturated heterocycles. The van der Waals surface area contributed by atoms with E-state index in [0.717, 1.165) is 24.9 Å². The van der Waals surface area contributed by atoms with E-state index in [1.54, 1.807) is 11.9 Å². The van der Waals surface area contributed by atoms with Gasteiger partial charge >= 0.3 is 6.03 Å². The summed E-state index contributed by atoms with van der Waals surface area (Å²) in [4.78, 5) is 32.1. The predicted molar refractivity (Wildman–Crippen MR) is 159 cm³/mol. The first-order valence-corrected chi connectivity index (χ1v) is 14.3. The van der Waals surface area contributed by atoms with Gasteiger partial charge in [0.1, 0.15) is 11.6 Å². The molecule has 0 radical (unpaired) electrons. The van der Waals surface area contributed by atoms with Gasteiger partial charge in [0.15, 0.2) is 0 Å². The highest BCUT2D eigenvalue weighted by Crippen LogP contribution is 2.29. The Hall–Kier alpha value is -3.37. The van der Waals surface area contributed by atoms with Crippen LogP contribution in [0.1, 0.15) is 50.4 Å². The Labute approximate surface area is 243 Å². The Morgan fingerprint density at radius 1 is 1.15 bits per heavy atom. The summed E-state index contributed by atoms with van der Waals surface area (Å²) < 4.78 is 25.8. The Kier molecular flexibility index (Phi) is 11.8. The number of carbonyl (C=O) groups is 2. The molecule has 226 valence electrons. The van der Waals surface area contributed by atoms with Crippen molar-refractivity contribution < 1.29 is 28.6 Å². The van der Waals surface area contributed by atoms with Gasteiger partial charge < -0.3 is 34.6 Å². The lowest BCUT2D eigenvalue weighted by Crippen LogP contribution is -2.48. The fraction of sp³-hybridized carbons (Fsp3) is 0.548. The maximum Gasteiger partial charge on any atom is 0.321 e. The van der Waals surface area contributed by atoms with E-state index in [2.05, 4.69) is 5.32 Å². The first-order valence-electron chi connectivity index (χ1n) is 14.3. The SMILES string of the molecule is C[C@@H]1CCCCO[C@H](CN(C)C(=O)Nc2ccc(F)cc2)[C@H](C)CN([C@@H](C)CO)C(=O)c2cc(N(C)C)ccc2O1. The lowest BCUT2D eigenvalue weighted by molar-refractivity contribution is -0.0115. The summed E-state index contributed by atoms with van der Waals surface area (Å²) in [5.74, 6) is -0.256. The number of carbonyl (C=O) groups excluding carboxylic acids is 2. The molecular weight excluding hydrogens is 527 g/mol. The predicted octanol–water partition coefficient (Wildman–Crippen LogP) is 4.85. The molecule has 3 amide bonds. The third-order valence-electron chi connectivity index (χ3n) is 7.45. The zero-order valence-electron chi connectivity index (χ0n) is 25.1. The van der Waals surface area contributed by atoms with E-state index in [0.29, 0.717) is 30.2 Å². The number of likely N-dealkylation sites (N-methyl/N-ethyl adjacent to an activating group) is 1. The highest BCUT2D eigenvalue weighted by Gasteiger charge is 2.31. The number of aliphatic hydroxyl groups excluding tert-OH is 1. The molecule has 0 bridgehead atoms. The van der Waals surface area contributed by atoms with Gasteiger partial charge in [0, 0.05) is 58.1 Å². The van der Waals surface area contributed by atoms with Crippen LogP contribution in [0.3, 0.4) is 0 Å². The minimum absolute atomic E-state index is 0.102. The quantitative estimate of drug-likeness (QED) is 0.514. The van der Waals surface area contributed by atoms with Crippen LogP contribution in [0.2, 0.25) is 0 Å². The van der Waals surface area contributed by atoms with Crippen LogP contribution >= 0.6 is 0 Å². The lowest BCUT2D eigenvalue weighted by atomic mass is 10.0. The molecule has 10 heteroatoms. The van der Waals surface area contributed by atoms with Crippen LogP contribution in [0.15, 0.2) is 42.5 Å². The first-order chi connectivity index (χ1) is 19.5. The molecule has 0 saturated carbocycles. The van der Waals surface area contributed by atoms with Crippen molar-refractivity contribution in [2.24, 2.45) is 5.92 Å². The van der Waals surface area contributed by atoms with Crippen LogP contribution in [0.25, 0.3) is 0 Å². The highest BCUT2D eigenvalue weighted by atomic mass is 19.1. The van der Waals surface area contributed by atoms with Crippen molar-refractivity contribution >= 4 is 23.3 Å². The molecule has 2 aromatic carbocycles. The summed E-state index contributed by atoms with van der Waals surface area (Å²) >= 11 is 0. The Morgan fingerprint density at radius 3 is 2.51 bits per heavy atom. The van der Waals surface area contributed by atoms with E-state index in [4.69, 9.17) is 9.47 Å². The number of aliphatic hydroxyl groups is 1. The minimum atomic E-state index is -0.453. The van der Waals surface area contributed by atoms with Crippen molar-refractivity contribution in [1.82, 2.24) is 9.80 Å². The second kappa shape index (κ2) is 15.0. The van der Waals surface area contributed by atoms with E-state index in [1.165, 1.54) is 29.2 Å². The summed E-state index contributed by atoms with van der Waals surface area (Å²) in [6.07, 6.45) is 2.03. The maximum absolute atomic E-state index is 14.1. The number of rotatable bonds is 6. The van der Waals surface area contributed by atoms with Crippen molar-refractivity contribution in [3.05, 3.63) is 53.8 Å². The van der Waals surface area contributed by atoms with Gasteiger partial charge in [-0.05, 0) is 75.6 Å². The van der Waals surface area contributed by atoms with Gasteiger partial charge in [0.05, 0.1) is 30.4 Å². The molecule has 0 spiro atoms. The van der Waals surface area contributed by atoms with Crippen LogP contribution in [0.5, 0.6) is 5.75 Å². The summed E-state index contributed by atoms with van der Waals surface area (Å²) in [6.45, 7) is 6.68. The molecule has 1 heterocycles. The highest BCUT2D eigenvalue weighted by molar-refractivity contribution is 5.98. The first kappa shape index (κ1) is 32.1. The number of hydrogen-bond acceptors (Lipinski definition) is 6. The lowest BCUT2D eigenvalue weighted by Gasteiger charge is -2.36. The van der Waals surface area contributed by atoms with Crippen LogP contribution in [0.4, 0.5) is 20.6 Å². The van der Waals surface area contributed by atoms with Gasteiger partial charge in [-0.2, -0.15) is 0 Å². The van der Waals surface area contributed by atoms with E-state index in [9.17, 15) is 19.1 Å². The number of ether oxygens (including phenoxy) is 2. The van der Waals surface area contributed by atoms with E-state index < -0.39 is 6.04 Å². The van der Waals surface area contributed by atoms with E-state index in [1.807, 2.05) is 58.0 Å². The molecule has 41 heavy (non-hydrogen) atoms. The molecule has 2 aromatic rings. The van der Waals surface area contributed by atoms with Crippen molar-refractivity contribution in [2.45, 2.75) is 58.3 Å². The molecule has 0 aliphatic carbocycles. The molecule has 3 rings (SSSR count). The maximum atomic E-state index is 14.1. The van der Waals surface area contributed by atoms with Crippen molar-refractivity contribution in [2.75, 3.05) is 57.7 Å². The number of nitrogens with one attached hydrogen (secondary N) is 1. The van der Waals surface area contributed by atoms with Gasteiger partial charge in [0.2, 0.25) is 0 Å². The molecule has 0 unspecified atom stereocenters. The van der Waals surface area contributed by atoms with Gasteiger partial charge in [-0.1, -0.05) is 6.92 Å². The van der Waals surface area contributed by atoms with Crippen LogP contribution in [-0.4, -0.2) is 92.5 Å². The number of anilines is 2. The molecule has 1 aliphatic rings. The second-order valence-electron chi connectivity index (χ2n) is 11.2. The zero-order chi connectivity index (χ0) is 30.1. The number of halogens is 1. The fourth-order valence-corrected chi connectivity index (χ4v) is 4.76. The Balaban J connectivity index is 1.87. The molecule has 0 fully saturated rings. The van der Waals surface area contributed by atoms with Gasteiger partial charge in [-0.3, -0.25) is 4.79 Å². The number of fused-ring (bicyclic) bond motifs is 1. The molecule has 9 nitrogen and oxygen atoms in total.